The predicted molar refractivity (Wildman–Crippen MR) is 105 cm³/mol. The van der Waals surface area contributed by atoms with Gasteiger partial charge in [0.15, 0.2) is 0 Å². The van der Waals surface area contributed by atoms with E-state index in [-0.39, 0.29) is 22.6 Å². The normalized spacial score (nSPS) is 24.1. The van der Waals surface area contributed by atoms with Gasteiger partial charge in [-0.15, -0.1) is 11.8 Å². The lowest BCUT2D eigenvalue weighted by Crippen LogP contribution is -2.44. The van der Waals surface area contributed by atoms with Crippen LogP contribution in [0, 0.1) is 5.41 Å². The van der Waals surface area contributed by atoms with Crippen molar-refractivity contribution in [2.45, 2.75) is 64.2 Å². The number of thioether (sulfide) groups is 1. The lowest BCUT2D eigenvalue weighted by Gasteiger charge is -2.46. The first-order valence-electron chi connectivity index (χ1n) is 8.98. The standard InChI is InChI=1S/C17H25N7OS/c1-5-26-17-8-6-7-10(9-17)11-12(22-17)19-15(20-13(11)23-24-18)21-14(25)16(2,3)4/h10H,5-9H2,1-4H3,(H2,19,20,21,22,25)/t10-,17-/m1/s1. The van der Waals surface area contributed by atoms with Crippen LogP contribution in [0.1, 0.15) is 64.9 Å². The van der Waals surface area contributed by atoms with Gasteiger partial charge < -0.3 is 5.32 Å². The van der Waals surface area contributed by atoms with Gasteiger partial charge in [0.05, 0.1) is 4.87 Å². The van der Waals surface area contributed by atoms with Crippen LogP contribution >= 0.6 is 11.8 Å². The van der Waals surface area contributed by atoms with Crippen molar-refractivity contribution in [1.82, 2.24) is 9.97 Å². The number of nitrogens with zero attached hydrogens (tertiary/aromatic N) is 5. The monoisotopic (exact) mass is 375 g/mol. The van der Waals surface area contributed by atoms with E-state index in [0.29, 0.717) is 11.6 Å². The van der Waals surface area contributed by atoms with Crippen LogP contribution in [0.25, 0.3) is 10.4 Å². The number of azide groups is 1. The van der Waals surface area contributed by atoms with E-state index in [1.807, 2.05) is 32.5 Å². The Morgan fingerprint density at radius 3 is 2.92 bits per heavy atom. The van der Waals surface area contributed by atoms with E-state index in [9.17, 15) is 4.79 Å². The van der Waals surface area contributed by atoms with Gasteiger partial charge in [-0.1, -0.05) is 27.7 Å². The zero-order chi connectivity index (χ0) is 18.9. The van der Waals surface area contributed by atoms with Crippen LogP contribution in [0.15, 0.2) is 5.11 Å². The molecule has 1 aliphatic carbocycles. The highest BCUT2D eigenvalue weighted by Crippen LogP contribution is 2.53. The molecule has 2 aliphatic rings. The Morgan fingerprint density at radius 1 is 1.50 bits per heavy atom. The van der Waals surface area contributed by atoms with Crippen molar-refractivity contribution in [2.24, 2.45) is 10.5 Å². The number of carbonyl (C=O) groups is 1. The van der Waals surface area contributed by atoms with Gasteiger partial charge >= 0.3 is 0 Å². The minimum atomic E-state index is -0.568. The van der Waals surface area contributed by atoms with Gasteiger partial charge in [0.1, 0.15) is 11.6 Å². The van der Waals surface area contributed by atoms with Gasteiger partial charge in [0, 0.05) is 15.9 Å². The first-order chi connectivity index (χ1) is 12.3. The molecule has 1 aromatic rings. The minimum Gasteiger partial charge on any atom is -0.355 e. The third-order valence-electron chi connectivity index (χ3n) is 4.86. The Balaban J connectivity index is 2.04. The van der Waals surface area contributed by atoms with Crippen LogP contribution in [-0.4, -0.2) is 26.5 Å². The molecule has 2 atom stereocenters. The van der Waals surface area contributed by atoms with Crippen LogP contribution in [0.4, 0.5) is 17.6 Å². The Kier molecular flexibility index (Phi) is 5.03. The van der Waals surface area contributed by atoms with Crippen molar-refractivity contribution in [2.75, 3.05) is 16.4 Å². The SMILES string of the molecule is CCS[C@]12CCC[C@H](C1)c1c(N=[N+]=[N-])nc(NC(=O)C(C)(C)C)nc1N2. The highest BCUT2D eigenvalue weighted by atomic mass is 32.2. The number of anilines is 2. The van der Waals surface area contributed by atoms with E-state index in [1.165, 1.54) is 0 Å². The highest BCUT2D eigenvalue weighted by molar-refractivity contribution is 8.00. The zero-order valence-electron chi connectivity index (χ0n) is 15.7. The summed E-state index contributed by atoms with van der Waals surface area (Å²) in [5.74, 6) is 2.27. The average molecular weight is 376 g/mol. The molecule has 1 aromatic heterocycles. The maximum atomic E-state index is 12.3. The highest BCUT2D eigenvalue weighted by Gasteiger charge is 2.44. The van der Waals surface area contributed by atoms with Crippen LogP contribution in [-0.2, 0) is 4.79 Å². The molecule has 2 N–H and O–H groups in total. The van der Waals surface area contributed by atoms with Gasteiger partial charge in [0.2, 0.25) is 11.9 Å². The van der Waals surface area contributed by atoms with Crippen molar-refractivity contribution in [3.63, 3.8) is 0 Å². The topological polar surface area (TPSA) is 116 Å². The first-order valence-corrected chi connectivity index (χ1v) is 9.97. The number of fused-ring (bicyclic) bond motifs is 4. The molecule has 8 nitrogen and oxygen atoms in total. The molecule has 1 saturated carbocycles. The number of hydrogen-bond donors (Lipinski definition) is 2. The molecule has 9 heteroatoms. The maximum absolute atomic E-state index is 12.3. The summed E-state index contributed by atoms with van der Waals surface area (Å²) in [7, 11) is 0. The molecular formula is C17H25N7OS. The van der Waals surface area contributed by atoms with Gasteiger partial charge in [0.25, 0.3) is 0 Å². The molecule has 26 heavy (non-hydrogen) atoms. The smallest absolute Gasteiger partial charge is 0.232 e. The molecule has 0 unspecified atom stereocenters. The largest absolute Gasteiger partial charge is 0.355 e. The van der Waals surface area contributed by atoms with Crippen LogP contribution < -0.4 is 10.6 Å². The number of carbonyl (C=O) groups excluding carboxylic acids is 1. The molecule has 140 valence electrons. The lowest BCUT2D eigenvalue weighted by molar-refractivity contribution is -0.123. The molecule has 1 fully saturated rings. The second kappa shape index (κ2) is 6.96. The fraction of sp³-hybridized carbons (Fsp3) is 0.706. The third kappa shape index (κ3) is 3.59. The molecule has 2 bridgehead atoms. The molecule has 0 spiro atoms. The van der Waals surface area contributed by atoms with E-state index in [1.54, 1.807) is 0 Å². The Morgan fingerprint density at radius 2 is 2.27 bits per heavy atom. The molecule has 2 heterocycles. The molecule has 1 amide bonds. The second-order valence-electron chi connectivity index (χ2n) is 7.87. The summed E-state index contributed by atoms with van der Waals surface area (Å²) in [5, 5.41) is 10.1. The number of aromatic nitrogens is 2. The molecule has 0 saturated heterocycles. The molecule has 3 rings (SSSR count). The lowest BCUT2D eigenvalue weighted by atomic mass is 9.78. The van der Waals surface area contributed by atoms with Crippen molar-refractivity contribution >= 4 is 35.3 Å². The van der Waals surface area contributed by atoms with Crippen molar-refractivity contribution in [3.05, 3.63) is 16.0 Å². The number of hydrogen-bond acceptors (Lipinski definition) is 6. The summed E-state index contributed by atoms with van der Waals surface area (Å²) in [4.78, 5) is 24.1. The fourth-order valence-corrected chi connectivity index (χ4v) is 4.98. The summed E-state index contributed by atoms with van der Waals surface area (Å²) < 4.78 is 0. The number of rotatable bonds is 4. The summed E-state index contributed by atoms with van der Waals surface area (Å²) >= 11 is 1.90. The molecule has 1 aliphatic heterocycles. The summed E-state index contributed by atoms with van der Waals surface area (Å²) in [5.41, 5.74) is 9.28. The Labute approximate surface area is 157 Å². The van der Waals surface area contributed by atoms with Crippen LogP contribution in [0.3, 0.4) is 0 Å². The van der Waals surface area contributed by atoms with Gasteiger partial charge in [-0.2, -0.15) is 4.98 Å². The average Bonchev–Trinajstić information content (AvgIpc) is 2.54. The van der Waals surface area contributed by atoms with E-state index < -0.39 is 5.41 Å². The van der Waals surface area contributed by atoms with E-state index in [4.69, 9.17) is 5.53 Å². The van der Waals surface area contributed by atoms with Gasteiger partial charge in [-0.3, -0.25) is 10.1 Å². The zero-order valence-corrected chi connectivity index (χ0v) is 16.5. The molecular weight excluding hydrogens is 350 g/mol. The van der Waals surface area contributed by atoms with Gasteiger partial charge in [-0.25, -0.2) is 4.98 Å². The third-order valence-corrected chi connectivity index (χ3v) is 6.17. The predicted octanol–water partition coefficient (Wildman–Crippen LogP) is 4.94. The molecule has 0 aromatic carbocycles. The van der Waals surface area contributed by atoms with Crippen molar-refractivity contribution in [3.8, 4) is 0 Å². The van der Waals surface area contributed by atoms with Crippen molar-refractivity contribution in [1.29, 1.82) is 0 Å². The van der Waals surface area contributed by atoms with Crippen LogP contribution in [0.2, 0.25) is 0 Å². The summed E-state index contributed by atoms with van der Waals surface area (Å²) in [6.45, 7) is 7.63. The van der Waals surface area contributed by atoms with E-state index in [2.05, 4.69) is 37.6 Å². The molecule has 0 radical (unpaired) electrons. The summed E-state index contributed by atoms with van der Waals surface area (Å²) in [6.07, 6.45) is 4.20. The first kappa shape index (κ1) is 18.8. The van der Waals surface area contributed by atoms with Crippen LogP contribution in [0.5, 0.6) is 0 Å². The number of nitrogens with one attached hydrogen (secondary N) is 2. The van der Waals surface area contributed by atoms with E-state index in [0.717, 1.165) is 37.0 Å². The second-order valence-corrected chi connectivity index (χ2v) is 9.52. The Hall–Kier alpha value is -1.99. The fourth-order valence-electron chi connectivity index (χ4n) is 3.65. The van der Waals surface area contributed by atoms with Gasteiger partial charge in [-0.05, 0) is 48.0 Å². The summed E-state index contributed by atoms with van der Waals surface area (Å²) in [6, 6.07) is 0. The number of amides is 1. The quantitative estimate of drug-likeness (QED) is 0.439. The van der Waals surface area contributed by atoms with Crippen molar-refractivity contribution < 1.29 is 4.79 Å². The Bertz CT molecular complexity index is 765. The maximum Gasteiger partial charge on any atom is 0.232 e. The minimum absolute atomic E-state index is 0.0437. The van der Waals surface area contributed by atoms with E-state index >= 15 is 0 Å².